The molecule has 24 heavy (non-hydrogen) atoms. The molecule has 0 fully saturated rings. The fourth-order valence-corrected chi connectivity index (χ4v) is 3.65. The minimum Gasteiger partial charge on any atom is -0.356 e. The fourth-order valence-electron chi connectivity index (χ4n) is 3.65. The molecule has 0 spiro atoms. The van der Waals surface area contributed by atoms with E-state index in [9.17, 15) is 9.59 Å². The van der Waals surface area contributed by atoms with Crippen LogP contribution in [0.5, 0.6) is 0 Å². The van der Waals surface area contributed by atoms with Crippen LogP contribution in [0.15, 0.2) is 35.9 Å². The van der Waals surface area contributed by atoms with Gasteiger partial charge in [-0.2, -0.15) is 0 Å². The lowest BCUT2D eigenvalue weighted by molar-refractivity contribution is -0.122. The average molecular weight is 326 g/mol. The average Bonchev–Trinajstić information content (AvgIpc) is 2.60. The summed E-state index contributed by atoms with van der Waals surface area (Å²) in [6.07, 6.45) is 9.92. The van der Waals surface area contributed by atoms with E-state index in [1.807, 2.05) is 24.3 Å². The van der Waals surface area contributed by atoms with Crippen LogP contribution in [-0.4, -0.2) is 18.4 Å². The quantitative estimate of drug-likeness (QED) is 0.779. The second-order valence-electron chi connectivity index (χ2n) is 6.78. The predicted molar refractivity (Wildman–Crippen MR) is 95.8 cm³/mol. The summed E-state index contributed by atoms with van der Waals surface area (Å²) in [5, 5.41) is 5.93. The molecular weight excluding hydrogens is 300 g/mol. The zero-order chi connectivity index (χ0) is 16.8. The van der Waals surface area contributed by atoms with Crippen molar-refractivity contribution in [3.05, 3.63) is 41.5 Å². The molecule has 2 amide bonds. The molecule has 0 saturated heterocycles. The molecular formula is C20H26N2O2. The summed E-state index contributed by atoms with van der Waals surface area (Å²) in [6.45, 7) is 0.729. The Labute approximate surface area is 143 Å². The van der Waals surface area contributed by atoms with E-state index in [1.165, 1.54) is 31.3 Å². The Kier molecular flexibility index (Phi) is 5.68. The van der Waals surface area contributed by atoms with Crippen molar-refractivity contribution < 1.29 is 9.59 Å². The molecule has 0 saturated carbocycles. The number of rotatable bonds is 6. The van der Waals surface area contributed by atoms with Gasteiger partial charge in [-0.15, -0.1) is 0 Å². The van der Waals surface area contributed by atoms with Gasteiger partial charge in [-0.3, -0.25) is 9.59 Å². The predicted octanol–water partition coefficient (Wildman–Crippen LogP) is 3.90. The Balaban J connectivity index is 1.44. The number of hydrogen-bond acceptors (Lipinski definition) is 2. The van der Waals surface area contributed by atoms with E-state index in [0.29, 0.717) is 12.8 Å². The Hall–Kier alpha value is -2.10. The number of carbonyl (C=O) groups is 2. The maximum absolute atomic E-state index is 12.1. The molecule has 0 aromatic heterocycles. The summed E-state index contributed by atoms with van der Waals surface area (Å²) in [7, 11) is 0. The third-order valence-corrected chi connectivity index (χ3v) is 4.98. The molecule has 3 rings (SSSR count). The zero-order valence-electron chi connectivity index (χ0n) is 14.1. The summed E-state index contributed by atoms with van der Waals surface area (Å²) in [6, 6.07) is 7.89. The zero-order valence-corrected chi connectivity index (χ0v) is 14.1. The van der Waals surface area contributed by atoms with E-state index in [0.717, 1.165) is 30.6 Å². The molecule has 0 radical (unpaired) electrons. The first-order chi connectivity index (χ1) is 11.7. The van der Waals surface area contributed by atoms with Crippen molar-refractivity contribution >= 4 is 17.5 Å². The highest BCUT2D eigenvalue weighted by Gasteiger charge is 2.24. The number of benzene rings is 1. The van der Waals surface area contributed by atoms with Gasteiger partial charge in [0, 0.05) is 25.1 Å². The highest BCUT2D eigenvalue weighted by atomic mass is 16.2. The normalized spacial score (nSPS) is 19.9. The molecule has 1 heterocycles. The van der Waals surface area contributed by atoms with Crippen LogP contribution in [-0.2, 0) is 9.59 Å². The van der Waals surface area contributed by atoms with Crippen LogP contribution in [0.4, 0.5) is 5.69 Å². The van der Waals surface area contributed by atoms with Crippen LogP contribution in [0.1, 0.15) is 62.8 Å². The van der Waals surface area contributed by atoms with Crippen molar-refractivity contribution in [3.63, 3.8) is 0 Å². The van der Waals surface area contributed by atoms with Crippen molar-refractivity contribution in [1.29, 1.82) is 0 Å². The van der Waals surface area contributed by atoms with E-state index in [1.54, 1.807) is 0 Å². The van der Waals surface area contributed by atoms with Crippen LogP contribution in [0.25, 0.3) is 0 Å². The van der Waals surface area contributed by atoms with Crippen molar-refractivity contribution in [3.8, 4) is 0 Å². The fraction of sp³-hybridized carbons (Fsp3) is 0.500. The van der Waals surface area contributed by atoms with Crippen LogP contribution in [0.2, 0.25) is 0 Å². The van der Waals surface area contributed by atoms with Crippen LogP contribution >= 0.6 is 0 Å². The van der Waals surface area contributed by atoms with E-state index in [2.05, 4.69) is 16.7 Å². The van der Waals surface area contributed by atoms with Crippen LogP contribution in [0, 0.1) is 0 Å². The summed E-state index contributed by atoms with van der Waals surface area (Å²) >= 11 is 0. The molecule has 2 aliphatic rings. The van der Waals surface area contributed by atoms with Gasteiger partial charge in [0.05, 0.1) is 0 Å². The molecule has 1 aliphatic carbocycles. The maximum atomic E-state index is 12.1. The van der Waals surface area contributed by atoms with Crippen molar-refractivity contribution in [2.24, 2.45) is 0 Å². The van der Waals surface area contributed by atoms with Crippen LogP contribution in [0.3, 0.4) is 0 Å². The van der Waals surface area contributed by atoms with Gasteiger partial charge in [-0.1, -0.05) is 29.8 Å². The number of fused-ring (bicyclic) bond motifs is 1. The van der Waals surface area contributed by atoms with Gasteiger partial charge >= 0.3 is 0 Å². The lowest BCUT2D eigenvalue weighted by atomic mass is 9.87. The Bertz CT molecular complexity index is 636. The smallest absolute Gasteiger partial charge is 0.224 e. The largest absolute Gasteiger partial charge is 0.356 e. The Morgan fingerprint density at radius 3 is 2.96 bits per heavy atom. The van der Waals surface area contributed by atoms with Crippen molar-refractivity contribution in [1.82, 2.24) is 5.32 Å². The van der Waals surface area contributed by atoms with E-state index in [-0.39, 0.29) is 17.7 Å². The SMILES string of the molecule is O=C(CCC1CC(=O)Nc2ccccc21)NCCC1=CCCCC1. The summed E-state index contributed by atoms with van der Waals surface area (Å²) in [5.74, 6) is 0.278. The summed E-state index contributed by atoms with van der Waals surface area (Å²) in [5.41, 5.74) is 3.53. The molecule has 0 bridgehead atoms. The second kappa shape index (κ2) is 8.13. The first-order valence-corrected chi connectivity index (χ1v) is 9.06. The van der Waals surface area contributed by atoms with Crippen molar-refractivity contribution in [2.45, 2.75) is 57.3 Å². The van der Waals surface area contributed by atoms with E-state index in [4.69, 9.17) is 0 Å². The molecule has 2 N–H and O–H groups in total. The monoisotopic (exact) mass is 326 g/mol. The van der Waals surface area contributed by atoms with Crippen molar-refractivity contribution in [2.75, 3.05) is 11.9 Å². The third kappa shape index (κ3) is 4.47. The van der Waals surface area contributed by atoms with Gasteiger partial charge in [0.25, 0.3) is 0 Å². The number of amides is 2. The Morgan fingerprint density at radius 1 is 1.25 bits per heavy atom. The van der Waals surface area contributed by atoms with Gasteiger partial charge in [0.15, 0.2) is 0 Å². The molecule has 1 atom stereocenters. The standard InChI is InChI=1S/C20H26N2O2/c23-19(21-13-12-15-6-2-1-3-7-15)11-10-16-14-20(24)22-18-9-5-4-8-17(16)18/h4-6,8-9,16H,1-3,7,10-14H2,(H,21,23)(H,22,24). The minimum atomic E-state index is 0.0448. The highest BCUT2D eigenvalue weighted by molar-refractivity contribution is 5.94. The first kappa shape index (κ1) is 16.7. The van der Waals surface area contributed by atoms with Gasteiger partial charge in [-0.25, -0.2) is 0 Å². The second-order valence-corrected chi connectivity index (χ2v) is 6.78. The van der Waals surface area contributed by atoms with Gasteiger partial charge in [-0.05, 0) is 56.1 Å². The molecule has 4 nitrogen and oxygen atoms in total. The van der Waals surface area contributed by atoms with Gasteiger partial charge in [0.1, 0.15) is 0 Å². The van der Waals surface area contributed by atoms with Gasteiger partial charge < -0.3 is 10.6 Å². The minimum absolute atomic E-state index is 0.0448. The first-order valence-electron chi connectivity index (χ1n) is 9.06. The lowest BCUT2D eigenvalue weighted by Gasteiger charge is -2.25. The van der Waals surface area contributed by atoms with Gasteiger partial charge in [0.2, 0.25) is 11.8 Å². The number of nitrogens with one attached hydrogen (secondary N) is 2. The number of para-hydroxylation sites is 1. The molecule has 4 heteroatoms. The molecule has 128 valence electrons. The molecule has 1 unspecified atom stereocenters. The molecule has 1 aromatic carbocycles. The third-order valence-electron chi connectivity index (χ3n) is 4.98. The maximum Gasteiger partial charge on any atom is 0.224 e. The highest BCUT2D eigenvalue weighted by Crippen LogP contribution is 2.34. The molecule has 1 aromatic rings. The van der Waals surface area contributed by atoms with E-state index < -0.39 is 0 Å². The van der Waals surface area contributed by atoms with Crippen LogP contribution < -0.4 is 10.6 Å². The molecule has 1 aliphatic heterocycles. The van der Waals surface area contributed by atoms with E-state index >= 15 is 0 Å². The number of anilines is 1. The number of allylic oxidation sites excluding steroid dienone is 1. The summed E-state index contributed by atoms with van der Waals surface area (Å²) < 4.78 is 0. The Morgan fingerprint density at radius 2 is 2.12 bits per heavy atom. The summed E-state index contributed by atoms with van der Waals surface area (Å²) in [4.78, 5) is 23.9. The lowest BCUT2D eigenvalue weighted by Crippen LogP contribution is -2.27. The number of carbonyl (C=O) groups excluding carboxylic acids is 2. The topological polar surface area (TPSA) is 58.2 Å². The number of hydrogen-bond donors (Lipinski definition) is 2.